The molecule has 3 nitrogen and oxygen atoms in total. The molecule has 0 radical (unpaired) electrons. The zero-order valence-electron chi connectivity index (χ0n) is 9.04. The van der Waals surface area contributed by atoms with Gasteiger partial charge in [-0.15, -0.1) is 11.6 Å². The van der Waals surface area contributed by atoms with Crippen LogP contribution >= 0.6 is 11.6 Å². The first kappa shape index (κ1) is 12.8. The minimum Gasteiger partial charge on any atom is -0.393 e. The molecule has 1 saturated carbocycles. The first-order valence-corrected chi connectivity index (χ1v) is 6.28. The fraction of sp³-hybridized carbons (Fsp3) is 0.909. The molecule has 2 unspecified atom stereocenters. The molecule has 0 heterocycles. The molecule has 0 saturated heterocycles. The third kappa shape index (κ3) is 4.85. The van der Waals surface area contributed by atoms with E-state index in [-0.39, 0.29) is 17.9 Å². The van der Waals surface area contributed by atoms with Crippen LogP contribution < -0.4 is 5.32 Å². The maximum Gasteiger partial charge on any atom is 0.220 e. The maximum absolute atomic E-state index is 11.3. The lowest BCUT2D eigenvalue weighted by atomic mass is 9.86. The summed E-state index contributed by atoms with van der Waals surface area (Å²) in [6.45, 7) is 0.613. The van der Waals surface area contributed by atoms with E-state index in [4.69, 9.17) is 11.6 Å². The number of amides is 1. The van der Waals surface area contributed by atoms with Crippen molar-refractivity contribution in [2.45, 2.75) is 44.6 Å². The maximum atomic E-state index is 11.3. The highest BCUT2D eigenvalue weighted by Gasteiger charge is 2.22. The molecule has 1 aliphatic rings. The molecule has 0 aromatic carbocycles. The van der Waals surface area contributed by atoms with Gasteiger partial charge in [-0.25, -0.2) is 0 Å². The molecule has 0 aromatic rings. The van der Waals surface area contributed by atoms with Gasteiger partial charge in [0.25, 0.3) is 0 Å². The zero-order valence-corrected chi connectivity index (χ0v) is 9.80. The van der Waals surface area contributed by atoms with Crippen LogP contribution in [-0.4, -0.2) is 29.5 Å². The van der Waals surface area contributed by atoms with Crippen molar-refractivity contribution in [3.63, 3.8) is 0 Å². The lowest BCUT2D eigenvalue weighted by Crippen LogP contribution is -2.36. The van der Waals surface area contributed by atoms with E-state index < -0.39 is 0 Å². The molecule has 1 aliphatic carbocycles. The molecule has 2 N–H and O–H groups in total. The van der Waals surface area contributed by atoms with Crippen molar-refractivity contribution in [3.05, 3.63) is 0 Å². The number of aliphatic hydroxyl groups excluding tert-OH is 1. The normalized spacial score (nSPS) is 26.3. The third-order valence-corrected chi connectivity index (χ3v) is 3.24. The van der Waals surface area contributed by atoms with E-state index in [1.807, 2.05) is 0 Å². The second-order valence-electron chi connectivity index (χ2n) is 4.21. The molecule has 0 aromatic heterocycles. The van der Waals surface area contributed by atoms with Gasteiger partial charge in [0, 0.05) is 24.8 Å². The lowest BCUT2D eigenvalue weighted by Gasteiger charge is -2.27. The number of aliphatic hydroxyl groups is 1. The summed E-state index contributed by atoms with van der Waals surface area (Å²) >= 11 is 5.50. The highest BCUT2D eigenvalue weighted by molar-refractivity contribution is 6.17. The van der Waals surface area contributed by atoms with Crippen molar-refractivity contribution in [3.8, 4) is 0 Å². The van der Waals surface area contributed by atoms with Crippen molar-refractivity contribution < 1.29 is 9.90 Å². The van der Waals surface area contributed by atoms with E-state index in [2.05, 4.69) is 5.32 Å². The summed E-state index contributed by atoms with van der Waals surface area (Å²) in [4.78, 5) is 11.3. The SMILES string of the molecule is O=C(CCCCl)NCC1CCCCC1O. The highest BCUT2D eigenvalue weighted by atomic mass is 35.5. The van der Waals surface area contributed by atoms with Crippen molar-refractivity contribution in [1.82, 2.24) is 5.32 Å². The Bertz CT molecular complexity index is 199. The fourth-order valence-corrected chi connectivity index (χ4v) is 2.12. The number of carbonyl (C=O) groups is 1. The van der Waals surface area contributed by atoms with E-state index >= 15 is 0 Å². The third-order valence-electron chi connectivity index (χ3n) is 2.97. The van der Waals surface area contributed by atoms with Crippen LogP contribution in [-0.2, 0) is 4.79 Å². The molecule has 1 amide bonds. The molecule has 4 heteroatoms. The molecule has 2 atom stereocenters. The van der Waals surface area contributed by atoms with Gasteiger partial charge in [0.15, 0.2) is 0 Å². The van der Waals surface area contributed by atoms with E-state index in [9.17, 15) is 9.90 Å². The van der Waals surface area contributed by atoms with Gasteiger partial charge in [-0.05, 0) is 19.3 Å². The Morgan fingerprint density at radius 2 is 2.13 bits per heavy atom. The number of nitrogens with one attached hydrogen (secondary N) is 1. The predicted molar refractivity (Wildman–Crippen MR) is 60.9 cm³/mol. The number of alkyl halides is 1. The van der Waals surface area contributed by atoms with Gasteiger partial charge < -0.3 is 10.4 Å². The molecule has 1 fully saturated rings. The van der Waals surface area contributed by atoms with Crippen LogP contribution in [0.3, 0.4) is 0 Å². The molecule has 0 aliphatic heterocycles. The number of carbonyl (C=O) groups excluding carboxylic acids is 1. The molecule has 1 rings (SSSR count). The fourth-order valence-electron chi connectivity index (χ4n) is 1.99. The topological polar surface area (TPSA) is 49.3 Å². The lowest BCUT2D eigenvalue weighted by molar-refractivity contribution is -0.121. The smallest absolute Gasteiger partial charge is 0.220 e. The van der Waals surface area contributed by atoms with Crippen LogP contribution in [0.5, 0.6) is 0 Å². The molecule has 0 spiro atoms. The van der Waals surface area contributed by atoms with Gasteiger partial charge in [0.1, 0.15) is 0 Å². The zero-order chi connectivity index (χ0) is 11.1. The summed E-state index contributed by atoms with van der Waals surface area (Å²) in [6.07, 6.45) is 5.16. The summed E-state index contributed by atoms with van der Waals surface area (Å²) in [5, 5.41) is 12.5. The average molecular weight is 234 g/mol. The largest absolute Gasteiger partial charge is 0.393 e. The Hall–Kier alpha value is -0.280. The molecule has 88 valence electrons. The number of halogens is 1. The molecule has 15 heavy (non-hydrogen) atoms. The Kier molecular flexibility index (Phi) is 6.03. The van der Waals surface area contributed by atoms with Gasteiger partial charge in [0.2, 0.25) is 5.91 Å². The van der Waals surface area contributed by atoms with Gasteiger partial charge in [-0.2, -0.15) is 0 Å². The summed E-state index contributed by atoms with van der Waals surface area (Å²) in [6, 6.07) is 0. The van der Waals surface area contributed by atoms with E-state index in [1.54, 1.807) is 0 Å². The van der Waals surface area contributed by atoms with Crippen molar-refractivity contribution in [2.75, 3.05) is 12.4 Å². The average Bonchev–Trinajstić information content (AvgIpc) is 2.25. The van der Waals surface area contributed by atoms with Crippen LogP contribution in [0.4, 0.5) is 0 Å². The number of rotatable bonds is 5. The number of hydrogen-bond donors (Lipinski definition) is 2. The Labute approximate surface area is 96.2 Å². The molecular formula is C11H20ClNO2. The van der Waals surface area contributed by atoms with Crippen LogP contribution in [0.1, 0.15) is 38.5 Å². The van der Waals surface area contributed by atoms with Gasteiger partial charge in [-0.1, -0.05) is 12.8 Å². The van der Waals surface area contributed by atoms with Gasteiger partial charge in [-0.3, -0.25) is 4.79 Å². The van der Waals surface area contributed by atoms with Crippen molar-refractivity contribution >= 4 is 17.5 Å². The van der Waals surface area contributed by atoms with Crippen molar-refractivity contribution in [1.29, 1.82) is 0 Å². The minimum absolute atomic E-state index is 0.0495. The molecular weight excluding hydrogens is 214 g/mol. The second kappa shape index (κ2) is 7.07. The van der Waals surface area contributed by atoms with Crippen LogP contribution in [0, 0.1) is 5.92 Å². The van der Waals surface area contributed by atoms with Crippen LogP contribution in [0.15, 0.2) is 0 Å². The Morgan fingerprint density at radius 1 is 1.40 bits per heavy atom. The van der Waals surface area contributed by atoms with Crippen LogP contribution in [0.25, 0.3) is 0 Å². The minimum atomic E-state index is -0.230. The first-order chi connectivity index (χ1) is 7.24. The van der Waals surface area contributed by atoms with Crippen molar-refractivity contribution in [2.24, 2.45) is 5.92 Å². The van der Waals surface area contributed by atoms with E-state index in [1.165, 1.54) is 6.42 Å². The number of hydrogen-bond acceptors (Lipinski definition) is 2. The van der Waals surface area contributed by atoms with Gasteiger partial charge >= 0.3 is 0 Å². The second-order valence-corrected chi connectivity index (χ2v) is 4.59. The first-order valence-electron chi connectivity index (χ1n) is 5.74. The predicted octanol–water partition coefficient (Wildman–Crippen LogP) is 1.67. The van der Waals surface area contributed by atoms with E-state index in [0.717, 1.165) is 25.7 Å². The summed E-state index contributed by atoms with van der Waals surface area (Å²) in [7, 11) is 0. The summed E-state index contributed by atoms with van der Waals surface area (Å²) in [5.41, 5.74) is 0. The Morgan fingerprint density at radius 3 is 2.80 bits per heavy atom. The molecule has 0 bridgehead atoms. The van der Waals surface area contributed by atoms with Crippen LogP contribution in [0.2, 0.25) is 0 Å². The standard InChI is InChI=1S/C11H20ClNO2/c12-7-3-6-11(15)13-8-9-4-1-2-5-10(9)14/h9-10,14H,1-8H2,(H,13,15). The Balaban J connectivity index is 2.14. The van der Waals surface area contributed by atoms with E-state index in [0.29, 0.717) is 18.8 Å². The quantitative estimate of drug-likeness (QED) is 0.710. The summed E-state index contributed by atoms with van der Waals surface area (Å²) < 4.78 is 0. The monoisotopic (exact) mass is 233 g/mol. The summed E-state index contributed by atoms with van der Waals surface area (Å²) in [5.74, 6) is 0.826. The van der Waals surface area contributed by atoms with Gasteiger partial charge in [0.05, 0.1) is 6.10 Å². The highest BCUT2D eigenvalue weighted by Crippen LogP contribution is 2.23.